The van der Waals surface area contributed by atoms with Crippen LogP contribution in [0, 0.1) is 0 Å². The van der Waals surface area contributed by atoms with Crippen LogP contribution in [0.1, 0.15) is 46.1 Å². The van der Waals surface area contributed by atoms with Gasteiger partial charge in [0.2, 0.25) is 0 Å². The van der Waals surface area contributed by atoms with Crippen molar-refractivity contribution >= 4 is 11.0 Å². The Labute approximate surface area is 144 Å². The number of fused-ring (bicyclic) bond motifs is 5. The molecule has 1 aromatic heterocycles. The molecule has 0 spiro atoms. The van der Waals surface area contributed by atoms with Crippen molar-refractivity contribution in [3.05, 3.63) is 54.1 Å². The smallest absolute Gasteiger partial charge is 0.226 e. The highest BCUT2D eigenvalue weighted by molar-refractivity contribution is 5.79. The van der Waals surface area contributed by atoms with E-state index in [1.165, 1.54) is 28.0 Å². The van der Waals surface area contributed by atoms with Crippen molar-refractivity contribution in [3.8, 4) is 11.4 Å². The van der Waals surface area contributed by atoms with E-state index < -0.39 is 0 Å². The molecule has 2 aromatic carbocycles. The van der Waals surface area contributed by atoms with Crippen LogP contribution in [0.15, 0.2) is 48.5 Å². The first-order valence-electron chi connectivity index (χ1n) is 9.09. The highest BCUT2D eigenvalue weighted by Gasteiger charge is 2.55. The standard InChI is InChI=1S/C22H27N2/c1-6-21(3)17-13-9-8-12-16(17)20-23(5)18-14-10-11-15-19(18)24(20)22(21,4)7-2/h8-15H,6-7H2,1-5H3/q+1. The Kier molecular flexibility index (Phi) is 3.19. The number of aryl methyl sites for hydroxylation is 1. The molecule has 2 nitrogen and oxygen atoms in total. The normalized spacial score (nSPS) is 25.5. The minimum absolute atomic E-state index is 0.0479. The molecule has 4 rings (SSSR count). The number of aromatic nitrogens is 2. The summed E-state index contributed by atoms with van der Waals surface area (Å²) >= 11 is 0. The van der Waals surface area contributed by atoms with Crippen LogP contribution in [0.25, 0.3) is 22.4 Å². The SMILES string of the molecule is CCC1(C)c2ccccc2-c2n(c3ccccc3[n+]2C)C1(C)CC. The van der Waals surface area contributed by atoms with Gasteiger partial charge in [0.05, 0.1) is 12.6 Å². The number of hydrogen-bond acceptors (Lipinski definition) is 0. The van der Waals surface area contributed by atoms with E-state index in [0.29, 0.717) is 0 Å². The lowest BCUT2D eigenvalue weighted by atomic mass is 9.61. The fourth-order valence-electron chi connectivity index (χ4n) is 4.93. The third kappa shape index (κ3) is 1.59. The van der Waals surface area contributed by atoms with Gasteiger partial charge in [-0.3, -0.25) is 0 Å². The van der Waals surface area contributed by atoms with E-state index in [2.05, 4.69) is 92.4 Å². The third-order valence-electron chi connectivity index (χ3n) is 6.85. The largest absolute Gasteiger partial charge is 0.290 e. The first-order chi connectivity index (χ1) is 11.5. The molecule has 0 aliphatic carbocycles. The zero-order valence-electron chi connectivity index (χ0n) is 15.4. The zero-order valence-corrected chi connectivity index (χ0v) is 15.4. The minimum Gasteiger partial charge on any atom is -0.226 e. The molecule has 0 N–H and O–H groups in total. The molecule has 0 radical (unpaired) electrons. The monoisotopic (exact) mass is 319 g/mol. The summed E-state index contributed by atoms with van der Waals surface area (Å²) in [5.74, 6) is 1.34. The number of imidazole rings is 1. The van der Waals surface area contributed by atoms with Crippen LogP contribution in [0.2, 0.25) is 0 Å². The van der Waals surface area contributed by atoms with Crippen molar-refractivity contribution in [3.63, 3.8) is 0 Å². The maximum Gasteiger partial charge on any atom is 0.290 e. The van der Waals surface area contributed by atoms with Gasteiger partial charge in [-0.15, -0.1) is 0 Å². The second kappa shape index (κ2) is 4.95. The molecule has 2 heteroatoms. The van der Waals surface area contributed by atoms with Gasteiger partial charge in [-0.05, 0) is 43.5 Å². The van der Waals surface area contributed by atoms with E-state index in [1.54, 1.807) is 0 Å². The molecule has 2 heterocycles. The van der Waals surface area contributed by atoms with E-state index in [-0.39, 0.29) is 11.0 Å². The molecule has 24 heavy (non-hydrogen) atoms. The molecule has 124 valence electrons. The predicted molar refractivity (Wildman–Crippen MR) is 100 cm³/mol. The number of para-hydroxylation sites is 2. The lowest BCUT2D eigenvalue weighted by Gasteiger charge is -2.47. The molecule has 0 fully saturated rings. The maximum absolute atomic E-state index is 2.62. The van der Waals surface area contributed by atoms with Gasteiger partial charge < -0.3 is 0 Å². The first-order valence-corrected chi connectivity index (χ1v) is 9.09. The number of benzene rings is 2. The Bertz CT molecular complexity index is 936. The summed E-state index contributed by atoms with van der Waals surface area (Å²) in [7, 11) is 2.20. The van der Waals surface area contributed by atoms with Gasteiger partial charge in [0.25, 0.3) is 5.82 Å². The molecule has 2 unspecified atom stereocenters. The fourth-order valence-corrected chi connectivity index (χ4v) is 4.93. The van der Waals surface area contributed by atoms with Gasteiger partial charge in [0, 0.05) is 5.41 Å². The first kappa shape index (κ1) is 15.4. The molecule has 0 saturated carbocycles. The van der Waals surface area contributed by atoms with Gasteiger partial charge in [-0.25, -0.2) is 9.13 Å². The summed E-state index contributed by atoms with van der Waals surface area (Å²) in [4.78, 5) is 0. The molecule has 1 aliphatic rings. The molecule has 2 atom stereocenters. The van der Waals surface area contributed by atoms with Crippen LogP contribution in [0.3, 0.4) is 0 Å². The van der Waals surface area contributed by atoms with Crippen molar-refractivity contribution in [1.82, 2.24) is 4.57 Å². The van der Waals surface area contributed by atoms with E-state index >= 15 is 0 Å². The van der Waals surface area contributed by atoms with Crippen LogP contribution in [0.5, 0.6) is 0 Å². The molecular formula is C22H27N2+. The Morgan fingerprint density at radius 2 is 1.58 bits per heavy atom. The van der Waals surface area contributed by atoms with Gasteiger partial charge in [0.1, 0.15) is 5.54 Å². The van der Waals surface area contributed by atoms with Crippen LogP contribution in [0.4, 0.5) is 0 Å². The minimum atomic E-state index is 0.0479. The lowest BCUT2D eigenvalue weighted by Crippen LogP contribution is -2.53. The Morgan fingerprint density at radius 1 is 0.917 bits per heavy atom. The highest BCUT2D eigenvalue weighted by Crippen LogP contribution is 2.53. The fraction of sp³-hybridized carbons (Fsp3) is 0.409. The molecule has 3 aromatic rings. The Morgan fingerprint density at radius 3 is 2.29 bits per heavy atom. The van der Waals surface area contributed by atoms with E-state index in [4.69, 9.17) is 0 Å². The molecule has 0 bridgehead atoms. The van der Waals surface area contributed by atoms with Gasteiger partial charge in [0.15, 0.2) is 11.0 Å². The predicted octanol–water partition coefficient (Wildman–Crippen LogP) is 4.94. The molecule has 1 aliphatic heterocycles. The van der Waals surface area contributed by atoms with Crippen LogP contribution in [-0.2, 0) is 18.0 Å². The lowest BCUT2D eigenvalue weighted by molar-refractivity contribution is -0.634. The van der Waals surface area contributed by atoms with E-state index in [1.807, 2.05) is 0 Å². The Balaban J connectivity index is 2.25. The number of nitrogens with zero attached hydrogens (tertiary/aromatic N) is 2. The second-order valence-electron chi connectivity index (χ2n) is 7.57. The summed E-state index contributed by atoms with van der Waals surface area (Å²) in [6.45, 7) is 9.57. The van der Waals surface area contributed by atoms with Crippen molar-refractivity contribution in [2.75, 3.05) is 0 Å². The number of rotatable bonds is 2. The molecule has 0 amide bonds. The van der Waals surface area contributed by atoms with E-state index in [9.17, 15) is 0 Å². The van der Waals surface area contributed by atoms with Gasteiger partial charge in [-0.1, -0.05) is 51.1 Å². The molecule has 0 saturated heterocycles. The summed E-state index contributed by atoms with van der Waals surface area (Å²) in [6.07, 6.45) is 2.24. The van der Waals surface area contributed by atoms with Crippen molar-refractivity contribution in [2.24, 2.45) is 7.05 Å². The summed E-state index contributed by atoms with van der Waals surface area (Å²) in [6, 6.07) is 17.8. The zero-order chi connectivity index (χ0) is 17.1. The second-order valence-corrected chi connectivity index (χ2v) is 7.57. The van der Waals surface area contributed by atoms with Crippen molar-refractivity contribution in [1.29, 1.82) is 0 Å². The Hall–Kier alpha value is -2.09. The topological polar surface area (TPSA) is 8.81 Å². The average Bonchev–Trinajstić information content (AvgIpc) is 2.93. The number of hydrogen-bond donors (Lipinski definition) is 0. The summed E-state index contributed by atoms with van der Waals surface area (Å²) < 4.78 is 4.99. The summed E-state index contributed by atoms with van der Waals surface area (Å²) in [5, 5.41) is 0. The van der Waals surface area contributed by atoms with Crippen LogP contribution >= 0.6 is 0 Å². The van der Waals surface area contributed by atoms with Crippen LogP contribution < -0.4 is 4.57 Å². The molecular weight excluding hydrogens is 292 g/mol. The maximum atomic E-state index is 2.62. The van der Waals surface area contributed by atoms with Crippen LogP contribution in [-0.4, -0.2) is 4.57 Å². The third-order valence-corrected chi connectivity index (χ3v) is 6.85. The van der Waals surface area contributed by atoms with Gasteiger partial charge >= 0.3 is 0 Å². The average molecular weight is 319 g/mol. The van der Waals surface area contributed by atoms with Gasteiger partial charge in [-0.2, -0.15) is 0 Å². The summed E-state index contributed by atoms with van der Waals surface area (Å²) in [5.41, 5.74) is 5.68. The highest BCUT2D eigenvalue weighted by atomic mass is 15.2. The quantitative estimate of drug-likeness (QED) is 0.592. The van der Waals surface area contributed by atoms with E-state index in [0.717, 1.165) is 12.8 Å². The van der Waals surface area contributed by atoms with Crippen molar-refractivity contribution in [2.45, 2.75) is 51.5 Å². The van der Waals surface area contributed by atoms with Crippen molar-refractivity contribution < 1.29 is 4.57 Å².